The average molecular weight is 696 g/mol. The minimum atomic E-state index is -0.100. The quantitative estimate of drug-likeness (QED) is 0.172. The summed E-state index contributed by atoms with van der Waals surface area (Å²) in [7, 11) is 0. The summed E-state index contributed by atoms with van der Waals surface area (Å²) in [6.45, 7) is 0. The van der Waals surface area contributed by atoms with E-state index in [2.05, 4.69) is 155 Å². The van der Waals surface area contributed by atoms with E-state index >= 15 is 0 Å². The van der Waals surface area contributed by atoms with E-state index in [9.17, 15) is 0 Å². The van der Waals surface area contributed by atoms with Gasteiger partial charge in [-0.05, 0) is 64.6 Å². The first-order valence-corrected chi connectivity index (χ1v) is 19.3. The van der Waals surface area contributed by atoms with Gasteiger partial charge in [0.15, 0.2) is 0 Å². The zero-order valence-electron chi connectivity index (χ0n) is 27.7. The van der Waals surface area contributed by atoms with E-state index < -0.39 is 0 Å². The van der Waals surface area contributed by atoms with Gasteiger partial charge in [0.05, 0.1) is 18.5 Å². The van der Waals surface area contributed by atoms with Crippen molar-refractivity contribution in [3.8, 4) is 0 Å². The molecule has 1 saturated heterocycles. The summed E-state index contributed by atoms with van der Waals surface area (Å²) in [5, 5.41) is 18.2. The van der Waals surface area contributed by atoms with Crippen molar-refractivity contribution in [1.29, 1.82) is 0 Å². The summed E-state index contributed by atoms with van der Waals surface area (Å²) in [5.41, 5.74) is 8.38. The monoisotopic (exact) mass is 695 g/mol. The Kier molecular flexibility index (Phi) is 6.82. The lowest BCUT2D eigenvalue weighted by Crippen LogP contribution is -2.54. The van der Waals surface area contributed by atoms with Gasteiger partial charge in [0.2, 0.25) is 0 Å². The third-order valence-corrected chi connectivity index (χ3v) is 13.0. The molecule has 3 aromatic heterocycles. The number of thiophene rings is 2. The summed E-state index contributed by atoms with van der Waals surface area (Å²) in [6.07, 6.45) is 4.10. The van der Waals surface area contributed by atoms with Gasteiger partial charge < -0.3 is 4.42 Å². The van der Waals surface area contributed by atoms with Crippen molar-refractivity contribution in [2.45, 2.75) is 31.3 Å². The van der Waals surface area contributed by atoms with E-state index in [0.717, 1.165) is 24.2 Å². The van der Waals surface area contributed by atoms with Crippen LogP contribution in [0.5, 0.6) is 0 Å². The number of rotatable bonds is 4. The molecule has 4 nitrogen and oxygen atoms in total. The Hall–Kier alpha value is -5.08. The van der Waals surface area contributed by atoms with Crippen LogP contribution in [0.1, 0.15) is 58.5 Å². The average Bonchev–Trinajstić information content (AvgIpc) is 3.88. The van der Waals surface area contributed by atoms with Crippen LogP contribution >= 0.6 is 22.7 Å². The van der Waals surface area contributed by atoms with Gasteiger partial charge in [-0.1, -0.05) is 109 Å². The molecule has 11 rings (SSSR count). The van der Waals surface area contributed by atoms with E-state index in [-0.39, 0.29) is 18.5 Å². The summed E-state index contributed by atoms with van der Waals surface area (Å²) in [4.78, 5) is 0. The lowest BCUT2D eigenvalue weighted by atomic mass is 9.88. The number of benzene rings is 6. The van der Waals surface area contributed by atoms with E-state index in [4.69, 9.17) is 4.42 Å². The molecule has 1 aliphatic heterocycles. The molecule has 0 amide bonds. The van der Waals surface area contributed by atoms with Crippen molar-refractivity contribution in [1.82, 2.24) is 16.0 Å². The summed E-state index contributed by atoms with van der Waals surface area (Å²) >= 11 is 3.75. The van der Waals surface area contributed by atoms with Crippen LogP contribution in [-0.2, 0) is 6.42 Å². The smallest absolute Gasteiger partial charge is 0.134 e. The largest absolute Gasteiger partial charge is 0.460 e. The van der Waals surface area contributed by atoms with E-state index in [1.807, 2.05) is 22.7 Å². The van der Waals surface area contributed by atoms with Gasteiger partial charge in [0.1, 0.15) is 11.3 Å². The molecular weight excluding hydrogens is 663 g/mol. The van der Waals surface area contributed by atoms with Gasteiger partial charge in [0.25, 0.3) is 0 Å². The first-order valence-electron chi connectivity index (χ1n) is 17.7. The van der Waals surface area contributed by atoms with E-state index in [1.54, 1.807) is 0 Å². The van der Waals surface area contributed by atoms with Crippen LogP contribution in [0.3, 0.4) is 0 Å². The van der Waals surface area contributed by atoms with Crippen LogP contribution in [0.25, 0.3) is 56.9 Å². The predicted molar refractivity (Wildman–Crippen MR) is 214 cm³/mol. The lowest BCUT2D eigenvalue weighted by Gasteiger charge is -2.39. The summed E-state index contributed by atoms with van der Waals surface area (Å²) < 4.78 is 11.9. The maximum absolute atomic E-state index is 6.61. The molecule has 0 bridgehead atoms. The fraction of sp³-hybridized carbons (Fsp3) is 0.111. The van der Waals surface area contributed by atoms with E-state index in [0.29, 0.717) is 0 Å². The Bertz CT molecular complexity index is 2830. The molecule has 3 N–H and O–H groups in total. The van der Waals surface area contributed by atoms with Crippen LogP contribution in [-0.4, -0.2) is 0 Å². The fourth-order valence-electron chi connectivity index (χ4n) is 8.26. The Morgan fingerprint density at radius 1 is 0.510 bits per heavy atom. The molecule has 2 aliphatic rings. The maximum Gasteiger partial charge on any atom is 0.134 e. The molecule has 3 atom stereocenters. The van der Waals surface area contributed by atoms with Gasteiger partial charge >= 0.3 is 0 Å². The van der Waals surface area contributed by atoms with Gasteiger partial charge in [-0.15, -0.1) is 22.7 Å². The first kappa shape index (κ1) is 29.6. The van der Waals surface area contributed by atoms with Crippen LogP contribution in [0.4, 0.5) is 0 Å². The van der Waals surface area contributed by atoms with Crippen molar-refractivity contribution >= 4 is 79.6 Å². The minimum Gasteiger partial charge on any atom is -0.460 e. The Labute approximate surface area is 303 Å². The Morgan fingerprint density at radius 2 is 1.16 bits per heavy atom. The molecule has 6 heteroatoms. The van der Waals surface area contributed by atoms with Crippen molar-refractivity contribution in [2.75, 3.05) is 0 Å². The van der Waals surface area contributed by atoms with Crippen molar-refractivity contribution in [3.63, 3.8) is 0 Å². The number of aryl methyl sites for hydroxylation is 1. The van der Waals surface area contributed by atoms with Crippen molar-refractivity contribution in [2.24, 2.45) is 0 Å². The van der Waals surface area contributed by atoms with Crippen molar-refractivity contribution < 1.29 is 4.42 Å². The third-order valence-electron chi connectivity index (χ3n) is 10.7. The number of hydrogen-bond donors (Lipinski definition) is 3. The zero-order valence-corrected chi connectivity index (χ0v) is 29.3. The van der Waals surface area contributed by atoms with Gasteiger partial charge in [0, 0.05) is 57.7 Å². The van der Waals surface area contributed by atoms with Crippen LogP contribution in [0, 0.1) is 0 Å². The highest BCUT2D eigenvalue weighted by atomic mass is 32.1. The second-order valence-electron chi connectivity index (χ2n) is 13.7. The van der Waals surface area contributed by atoms with Crippen LogP contribution < -0.4 is 16.0 Å². The molecule has 0 saturated carbocycles. The molecule has 0 radical (unpaired) electrons. The molecule has 6 aromatic carbocycles. The third kappa shape index (κ3) is 4.83. The van der Waals surface area contributed by atoms with Gasteiger partial charge in [-0.2, -0.15) is 0 Å². The molecule has 1 fully saturated rings. The molecule has 4 heterocycles. The lowest BCUT2D eigenvalue weighted by molar-refractivity contribution is 0.203. The van der Waals surface area contributed by atoms with Gasteiger partial charge in [-0.25, -0.2) is 0 Å². The molecule has 1 aliphatic carbocycles. The number of fused-ring (bicyclic) bond motifs is 9. The van der Waals surface area contributed by atoms with E-state index in [1.165, 1.54) is 79.1 Å². The summed E-state index contributed by atoms with van der Waals surface area (Å²) in [6, 6.07) is 48.6. The Balaban J connectivity index is 1.01. The number of furan rings is 1. The first-order chi connectivity index (χ1) is 25.2. The molecule has 3 unspecified atom stereocenters. The maximum atomic E-state index is 6.61. The predicted octanol–water partition coefficient (Wildman–Crippen LogP) is 11.7. The second-order valence-corrected chi connectivity index (χ2v) is 15.8. The Morgan fingerprint density at radius 3 is 1.98 bits per heavy atom. The van der Waals surface area contributed by atoms with Crippen LogP contribution in [0.15, 0.2) is 144 Å². The number of nitrogens with one attached hydrogen (secondary N) is 3. The van der Waals surface area contributed by atoms with Crippen LogP contribution in [0.2, 0.25) is 0 Å². The molecule has 9 aromatic rings. The normalized spacial score (nSPS) is 19.3. The molecule has 0 spiro atoms. The highest BCUT2D eigenvalue weighted by molar-refractivity contribution is 7.26. The zero-order chi connectivity index (χ0) is 33.5. The van der Waals surface area contributed by atoms with Gasteiger partial charge in [-0.3, -0.25) is 16.0 Å². The fourth-order valence-corrected chi connectivity index (χ4v) is 10.6. The molecule has 246 valence electrons. The molecule has 51 heavy (non-hydrogen) atoms. The topological polar surface area (TPSA) is 49.2 Å². The standard InChI is InChI=1S/C45H33N3OS2/c1-2-10-26(11-3-1)43-46-44(48-45(47-43)28-20-22-31-29-12-4-6-18-38(29)50-40(31)25-28)27-21-23-36-35(24-27)41-32(14-9-17-37(41)49-36)34-16-8-15-33-30-13-5-7-19-39(30)51-42(33)34/h1-8,10-16,18-25,43-48H,9,17H2. The highest BCUT2D eigenvalue weighted by Gasteiger charge is 2.31. The molecular formula is C45H33N3OS2. The second kappa shape index (κ2) is 11.7. The summed E-state index contributed by atoms with van der Waals surface area (Å²) in [5.74, 6) is 1.08. The SMILES string of the molecule is C1=C(c2cccc3c2sc2ccccc23)c2c(oc3ccc(C4NC(c5ccccc5)NC(c5ccc6c(c5)sc5ccccc56)N4)cc23)CC1. The minimum absolute atomic E-state index is 0.0458. The number of allylic oxidation sites excluding steroid dienone is 1. The number of hydrogen-bond acceptors (Lipinski definition) is 6. The van der Waals surface area contributed by atoms with Crippen molar-refractivity contribution in [3.05, 3.63) is 173 Å². The highest BCUT2D eigenvalue weighted by Crippen LogP contribution is 2.45.